The second-order valence-electron chi connectivity index (χ2n) is 13.4. The Bertz CT molecular complexity index is 1880. The summed E-state index contributed by atoms with van der Waals surface area (Å²) in [7, 11) is -1.78. The van der Waals surface area contributed by atoms with E-state index >= 15 is 4.11 Å². The van der Waals surface area contributed by atoms with Crippen molar-refractivity contribution in [2.24, 2.45) is 5.92 Å². The van der Waals surface area contributed by atoms with Crippen LogP contribution >= 0.6 is 0 Å². The van der Waals surface area contributed by atoms with Gasteiger partial charge in [0.15, 0.2) is 12.2 Å². The molecule has 11 nitrogen and oxygen atoms in total. The van der Waals surface area contributed by atoms with Crippen molar-refractivity contribution in [2.75, 3.05) is 30.1 Å². The van der Waals surface area contributed by atoms with E-state index in [4.69, 9.17) is 14.2 Å². The summed E-state index contributed by atoms with van der Waals surface area (Å²) in [5, 5.41) is 17.6. The van der Waals surface area contributed by atoms with Gasteiger partial charge < -0.3 is 28.3 Å². The zero-order chi connectivity index (χ0) is 34.5. The molecule has 4 atom stereocenters. The molecule has 1 aromatic heterocycles. The molecule has 13 heteroatoms. The minimum absolute atomic E-state index is 0.0259. The largest absolute Gasteiger partial charge is 0.497 e. The number of carbonyl (C=O) groups is 2. The monoisotopic (exact) mass is 685 g/mol. The van der Waals surface area contributed by atoms with E-state index in [1.165, 1.54) is 0 Å². The number of rotatable bonds is 10. The minimum atomic E-state index is -3.36. The van der Waals surface area contributed by atoms with Gasteiger partial charge in [-0.15, -0.1) is 5.10 Å². The van der Waals surface area contributed by atoms with Gasteiger partial charge in [-0.1, -0.05) is 36.4 Å². The van der Waals surface area contributed by atoms with Crippen LogP contribution in [0.2, 0.25) is 18.6 Å². The first kappa shape index (κ1) is 32.9. The number of amides is 2. The second-order valence-corrected chi connectivity index (χ2v) is 17.2. The molecule has 3 aromatic carbocycles. The molecule has 3 aliphatic heterocycles. The van der Waals surface area contributed by atoms with Crippen molar-refractivity contribution in [3.8, 4) is 11.5 Å². The third-order valence-electron chi connectivity index (χ3n) is 10.0. The predicted octanol–water partition coefficient (Wildman–Crippen LogP) is 5.29. The van der Waals surface area contributed by atoms with Gasteiger partial charge >= 0.3 is 0 Å². The summed E-state index contributed by atoms with van der Waals surface area (Å²) in [6.07, 6.45) is 2.08. The summed E-state index contributed by atoms with van der Waals surface area (Å²) in [4.78, 5) is 31.1. The maximum absolute atomic E-state index is 16.3. The van der Waals surface area contributed by atoms with E-state index in [-0.39, 0.29) is 31.6 Å². The molecule has 4 heterocycles. The molecule has 1 N–H and O–H groups in total. The molecule has 7 rings (SSSR count). The number of halogens is 1. The van der Waals surface area contributed by atoms with Gasteiger partial charge in [-0.25, -0.2) is 0 Å². The SMILES string of the molecule is COc1ccc2c(c1)[C@@]1(O[C@H](CCn3cc(CCO)nn3)[C@@H]([Si](C)(C)F)[C@@H]1C)C(=O)N2Cc1ccc(N2C(=O)COc3ccccc32)cc1. The number of carbonyl (C=O) groups excluding carboxylic acids is 2. The third kappa shape index (κ3) is 5.69. The summed E-state index contributed by atoms with van der Waals surface area (Å²) in [5.74, 6) is 0.362. The lowest BCUT2D eigenvalue weighted by atomic mass is 9.82. The van der Waals surface area contributed by atoms with Crippen LogP contribution in [0.25, 0.3) is 0 Å². The molecule has 0 aliphatic carbocycles. The molecule has 0 unspecified atom stereocenters. The average Bonchev–Trinajstić information content (AvgIpc) is 3.73. The van der Waals surface area contributed by atoms with Crippen LogP contribution in [-0.4, -0.2) is 66.7 Å². The predicted molar refractivity (Wildman–Crippen MR) is 183 cm³/mol. The fourth-order valence-electron chi connectivity index (χ4n) is 7.84. The van der Waals surface area contributed by atoms with E-state index in [1.807, 2.05) is 73.7 Å². The Morgan fingerprint density at radius 1 is 1.08 bits per heavy atom. The summed E-state index contributed by atoms with van der Waals surface area (Å²) >= 11 is 0. The maximum atomic E-state index is 16.3. The van der Waals surface area contributed by atoms with Gasteiger partial charge in [-0.05, 0) is 67.5 Å². The Hall–Kier alpha value is -4.59. The lowest BCUT2D eigenvalue weighted by Crippen LogP contribution is -2.45. The van der Waals surface area contributed by atoms with Crippen molar-refractivity contribution in [3.63, 3.8) is 0 Å². The fraction of sp³-hybridized carbons (Fsp3) is 0.389. The molecular weight excluding hydrogens is 646 g/mol. The Balaban J connectivity index is 1.19. The van der Waals surface area contributed by atoms with E-state index in [0.717, 1.165) is 5.56 Å². The molecule has 2 amide bonds. The zero-order valence-corrected chi connectivity index (χ0v) is 29.0. The van der Waals surface area contributed by atoms with Gasteiger partial charge in [0.05, 0.1) is 36.8 Å². The molecule has 0 bridgehead atoms. The van der Waals surface area contributed by atoms with Crippen LogP contribution in [0.3, 0.4) is 0 Å². The van der Waals surface area contributed by atoms with Crippen LogP contribution in [-0.2, 0) is 39.4 Å². The van der Waals surface area contributed by atoms with Crippen LogP contribution in [0, 0.1) is 5.92 Å². The number of anilines is 3. The van der Waals surface area contributed by atoms with Crippen LogP contribution < -0.4 is 19.3 Å². The van der Waals surface area contributed by atoms with Gasteiger partial charge in [-0.3, -0.25) is 19.2 Å². The highest BCUT2D eigenvalue weighted by atomic mass is 28.4. The lowest BCUT2D eigenvalue weighted by Gasteiger charge is -2.31. The topological polar surface area (TPSA) is 119 Å². The van der Waals surface area contributed by atoms with Crippen molar-refractivity contribution < 1.29 is 33.0 Å². The number of fused-ring (bicyclic) bond motifs is 3. The van der Waals surface area contributed by atoms with Gasteiger partial charge in [0.1, 0.15) is 11.5 Å². The van der Waals surface area contributed by atoms with E-state index in [1.54, 1.807) is 40.9 Å². The van der Waals surface area contributed by atoms with Crippen LogP contribution in [0.4, 0.5) is 21.2 Å². The number of methoxy groups -OCH3 is 1. The highest BCUT2D eigenvalue weighted by molar-refractivity contribution is 6.72. The first-order chi connectivity index (χ1) is 23.5. The molecule has 256 valence electrons. The van der Waals surface area contributed by atoms with Gasteiger partial charge in [0, 0.05) is 48.5 Å². The number of hydrogen-bond donors (Lipinski definition) is 1. The Morgan fingerprint density at radius 2 is 1.86 bits per heavy atom. The van der Waals surface area contributed by atoms with Gasteiger partial charge in [-0.2, -0.15) is 0 Å². The summed E-state index contributed by atoms with van der Waals surface area (Å²) < 4.78 is 36.0. The van der Waals surface area contributed by atoms with Crippen molar-refractivity contribution in [1.82, 2.24) is 15.0 Å². The number of hydrogen-bond acceptors (Lipinski definition) is 8. The average molecular weight is 686 g/mol. The highest BCUT2D eigenvalue weighted by Gasteiger charge is 2.66. The molecule has 0 radical (unpaired) electrons. The van der Waals surface area contributed by atoms with E-state index in [9.17, 15) is 14.7 Å². The van der Waals surface area contributed by atoms with Crippen LogP contribution in [0.15, 0.2) is 72.9 Å². The van der Waals surface area contributed by atoms with Crippen molar-refractivity contribution in [2.45, 2.75) is 63.2 Å². The van der Waals surface area contributed by atoms with Crippen molar-refractivity contribution in [3.05, 3.63) is 89.7 Å². The van der Waals surface area contributed by atoms with Gasteiger partial charge in [0.25, 0.3) is 11.8 Å². The van der Waals surface area contributed by atoms with E-state index in [0.29, 0.717) is 59.2 Å². The quantitative estimate of drug-likeness (QED) is 0.177. The molecule has 1 saturated heterocycles. The summed E-state index contributed by atoms with van der Waals surface area (Å²) in [5.41, 5.74) is 2.41. The number of benzene rings is 3. The minimum Gasteiger partial charge on any atom is -0.497 e. The third-order valence-corrected chi connectivity index (χ3v) is 12.5. The first-order valence-corrected chi connectivity index (χ1v) is 19.5. The Morgan fingerprint density at radius 3 is 2.59 bits per heavy atom. The van der Waals surface area contributed by atoms with Crippen LogP contribution in [0.5, 0.6) is 11.5 Å². The van der Waals surface area contributed by atoms with Crippen molar-refractivity contribution >= 4 is 37.3 Å². The summed E-state index contributed by atoms with van der Waals surface area (Å²) in [6, 6.07) is 20.5. The second kappa shape index (κ2) is 12.7. The maximum Gasteiger partial charge on any atom is 0.269 e. The number of aliphatic hydroxyl groups is 1. The molecule has 0 saturated carbocycles. The number of aryl methyl sites for hydroxylation is 1. The van der Waals surface area contributed by atoms with Crippen molar-refractivity contribution in [1.29, 1.82) is 0 Å². The lowest BCUT2D eigenvalue weighted by molar-refractivity contribution is -0.146. The molecular formula is C36H40FN5O6Si. The first-order valence-electron chi connectivity index (χ1n) is 16.6. The number of nitrogens with zero attached hydrogens (tertiary/aromatic N) is 5. The Kier molecular flexibility index (Phi) is 8.53. The van der Waals surface area contributed by atoms with Crippen LogP contribution in [0.1, 0.15) is 30.2 Å². The number of aliphatic hydroxyl groups excluding tert-OH is 1. The molecule has 1 spiro atoms. The summed E-state index contributed by atoms with van der Waals surface area (Å²) in [6.45, 7) is 5.90. The number of para-hydroxylation sites is 2. The zero-order valence-electron chi connectivity index (χ0n) is 28.0. The molecule has 1 fully saturated rings. The van der Waals surface area contributed by atoms with Gasteiger partial charge in [0.2, 0.25) is 8.41 Å². The highest BCUT2D eigenvalue weighted by Crippen LogP contribution is 2.60. The standard InChI is InChI=1S/C36H40FN5O6Si/c1-23-34(49(3,4)37)32(15-17-40-21-25(16-18-43)38-39-40)48-36(23)28-19-27(46-2)13-14-29(28)41(35(36)45)20-24-9-11-26(12-10-24)42-30-7-5-6-8-31(30)47-22-33(42)44/h5-14,19,21,23,32,34,43H,15-18,20,22H2,1-4H3/t23-,32+,34-,36+/m0/s1. The normalized spacial score (nSPS) is 23.2. The number of ether oxygens (including phenoxy) is 3. The number of aromatic nitrogens is 3. The smallest absolute Gasteiger partial charge is 0.269 e. The molecule has 4 aromatic rings. The molecule has 3 aliphatic rings. The van der Waals surface area contributed by atoms with E-state index in [2.05, 4.69) is 10.3 Å². The Labute approximate surface area is 285 Å². The molecule has 49 heavy (non-hydrogen) atoms. The fourth-order valence-corrected chi connectivity index (χ4v) is 10.4. The van der Waals surface area contributed by atoms with E-state index < -0.39 is 31.6 Å².